The van der Waals surface area contributed by atoms with Crippen molar-refractivity contribution in [2.75, 3.05) is 52.4 Å². The van der Waals surface area contributed by atoms with E-state index in [0.29, 0.717) is 32.8 Å². The molecule has 0 aromatic heterocycles. The number of nitrogens with zero attached hydrogens (tertiary/aromatic N) is 1. The molecule has 0 unspecified atom stereocenters. The quantitative estimate of drug-likeness (QED) is 0.730. The summed E-state index contributed by atoms with van der Waals surface area (Å²) in [4.78, 5) is 13.9. The number of hydrogen-bond donors (Lipinski definition) is 1. The predicted molar refractivity (Wildman–Crippen MR) is 75.3 cm³/mol. The van der Waals surface area contributed by atoms with E-state index in [-0.39, 0.29) is 5.91 Å². The van der Waals surface area contributed by atoms with Crippen molar-refractivity contribution in [2.24, 2.45) is 0 Å². The Morgan fingerprint density at radius 1 is 1.11 bits per heavy atom. The number of rotatable bonds is 9. The molecule has 0 heterocycles. The van der Waals surface area contributed by atoms with Gasteiger partial charge in [0, 0.05) is 33.0 Å². The van der Waals surface area contributed by atoms with Gasteiger partial charge >= 0.3 is 0 Å². The Bertz CT molecular complexity index is 349. The number of anilines is 1. The maximum absolute atomic E-state index is 11.9. The first kappa shape index (κ1) is 15.6. The summed E-state index contributed by atoms with van der Waals surface area (Å²) in [5, 5.41) is 2.86. The van der Waals surface area contributed by atoms with E-state index in [9.17, 15) is 4.79 Å². The second-order valence-corrected chi connectivity index (χ2v) is 4.18. The average Bonchev–Trinajstić information content (AvgIpc) is 2.43. The lowest BCUT2D eigenvalue weighted by Gasteiger charge is -2.20. The smallest absolute Gasteiger partial charge is 0.238 e. The molecule has 0 radical (unpaired) electrons. The van der Waals surface area contributed by atoms with E-state index in [0.717, 1.165) is 5.69 Å². The van der Waals surface area contributed by atoms with Gasteiger partial charge in [0.2, 0.25) is 5.91 Å². The Labute approximate surface area is 114 Å². The standard InChI is InChI=1S/C14H22N2O3/c1-18-10-8-16(9-11-19-2)12-14(17)15-13-6-4-3-5-7-13/h3-7H,8-12H2,1-2H3,(H,15,17). The van der Waals surface area contributed by atoms with Gasteiger partial charge in [0.15, 0.2) is 0 Å². The van der Waals surface area contributed by atoms with Crippen molar-refractivity contribution in [3.63, 3.8) is 0 Å². The van der Waals surface area contributed by atoms with Crippen LogP contribution < -0.4 is 5.32 Å². The van der Waals surface area contributed by atoms with Crippen LogP contribution in [0, 0.1) is 0 Å². The highest BCUT2D eigenvalue weighted by atomic mass is 16.5. The lowest BCUT2D eigenvalue weighted by molar-refractivity contribution is -0.117. The Hall–Kier alpha value is -1.43. The van der Waals surface area contributed by atoms with Crippen molar-refractivity contribution < 1.29 is 14.3 Å². The van der Waals surface area contributed by atoms with Gasteiger partial charge < -0.3 is 14.8 Å². The fourth-order valence-electron chi connectivity index (χ4n) is 1.64. The molecule has 5 nitrogen and oxygen atoms in total. The van der Waals surface area contributed by atoms with Crippen LogP contribution in [0.5, 0.6) is 0 Å². The minimum atomic E-state index is -0.0293. The number of methoxy groups -OCH3 is 2. The third kappa shape index (κ3) is 6.91. The molecule has 1 amide bonds. The van der Waals surface area contributed by atoms with E-state index in [1.54, 1.807) is 14.2 Å². The van der Waals surface area contributed by atoms with Gasteiger partial charge in [-0.15, -0.1) is 0 Å². The monoisotopic (exact) mass is 266 g/mol. The summed E-state index contributed by atoms with van der Waals surface area (Å²) in [5.41, 5.74) is 0.811. The van der Waals surface area contributed by atoms with Gasteiger partial charge in [-0.2, -0.15) is 0 Å². The van der Waals surface area contributed by atoms with Gasteiger partial charge in [0.25, 0.3) is 0 Å². The SMILES string of the molecule is COCCN(CCOC)CC(=O)Nc1ccccc1. The van der Waals surface area contributed by atoms with Crippen LogP contribution in [0.15, 0.2) is 30.3 Å². The van der Waals surface area contributed by atoms with Gasteiger partial charge in [-0.05, 0) is 12.1 Å². The topological polar surface area (TPSA) is 50.8 Å². The molecule has 0 bridgehead atoms. The first-order valence-electron chi connectivity index (χ1n) is 6.31. The van der Waals surface area contributed by atoms with E-state index in [1.807, 2.05) is 35.2 Å². The second-order valence-electron chi connectivity index (χ2n) is 4.18. The lowest BCUT2D eigenvalue weighted by atomic mass is 10.3. The number of benzene rings is 1. The highest BCUT2D eigenvalue weighted by molar-refractivity contribution is 5.92. The predicted octanol–water partition coefficient (Wildman–Crippen LogP) is 1.22. The van der Waals surface area contributed by atoms with Crippen LogP contribution in [0.3, 0.4) is 0 Å². The largest absolute Gasteiger partial charge is 0.383 e. The molecule has 106 valence electrons. The summed E-state index contributed by atoms with van der Waals surface area (Å²) in [6, 6.07) is 9.44. The van der Waals surface area contributed by atoms with Gasteiger partial charge in [0.1, 0.15) is 0 Å². The molecule has 0 saturated heterocycles. The number of carbonyl (C=O) groups excluding carboxylic acids is 1. The number of hydrogen-bond acceptors (Lipinski definition) is 4. The molecule has 1 aromatic rings. The van der Waals surface area contributed by atoms with E-state index in [4.69, 9.17) is 9.47 Å². The van der Waals surface area contributed by atoms with Crippen molar-refractivity contribution in [1.29, 1.82) is 0 Å². The Kier molecular flexibility index (Phi) is 7.81. The third-order valence-electron chi connectivity index (χ3n) is 2.65. The highest BCUT2D eigenvalue weighted by Crippen LogP contribution is 2.04. The summed E-state index contributed by atoms with van der Waals surface area (Å²) in [5.74, 6) is -0.0293. The van der Waals surface area contributed by atoms with Gasteiger partial charge in [0.05, 0.1) is 19.8 Å². The van der Waals surface area contributed by atoms with Crippen molar-refractivity contribution in [2.45, 2.75) is 0 Å². The summed E-state index contributed by atoms with van der Waals surface area (Å²) in [6.07, 6.45) is 0. The highest BCUT2D eigenvalue weighted by Gasteiger charge is 2.10. The Morgan fingerprint density at radius 2 is 1.68 bits per heavy atom. The molecular formula is C14H22N2O3. The molecular weight excluding hydrogens is 244 g/mol. The molecule has 0 spiro atoms. The fraction of sp³-hybridized carbons (Fsp3) is 0.500. The van der Waals surface area contributed by atoms with E-state index in [2.05, 4.69) is 5.32 Å². The van der Waals surface area contributed by atoms with Crippen molar-refractivity contribution in [3.05, 3.63) is 30.3 Å². The molecule has 5 heteroatoms. The van der Waals surface area contributed by atoms with E-state index >= 15 is 0 Å². The average molecular weight is 266 g/mol. The fourth-order valence-corrected chi connectivity index (χ4v) is 1.64. The van der Waals surface area contributed by atoms with Crippen LogP contribution in [-0.4, -0.2) is 57.9 Å². The molecule has 1 rings (SSSR count). The van der Waals surface area contributed by atoms with Gasteiger partial charge in [-0.25, -0.2) is 0 Å². The lowest BCUT2D eigenvalue weighted by Crippen LogP contribution is -2.37. The van der Waals surface area contributed by atoms with Crippen LogP contribution in [-0.2, 0) is 14.3 Å². The van der Waals surface area contributed by atoms with Crippen LogP contribution in [0.4, 0.5) is 5.69 Å². The molecule has 0 aliphatic carbocycles. The second kappa shape index (κ2) is 9.49. The Morgan fingerprint density at radius 3 is 2.21 bits per heavy atom. The van der Waals surface area contributed by atoms with Crippen LogP contribution in [0.1, 0.15) is 0 Å². The summed E-state index contributed by atoms with van der Waals surface area (Å²) in [7, 11) is 3.30. The van der Waals surface area contributed by atoms with E-state index < -0.39 is 0 Å². The zero-order chi connectivity index (χ0) is 13.9. The van der Waals surface area contributed by atoms with Crippen molar-refractivity contribution in [1.82, 2.24) is 4.90 Å². The van der Waals surface area contributed by atoms with Crippen LogP contribution in [0.2, 0.25) is 0 Å². The van der Waals surface area contributed by atoms with Crippen LogP contribution in [0.25, 0.3) is 0 Å². The number of ether oxygens (including phenoxy) is 2. The first-order valence-corrected chi connectivity index (χ1v) is 6.31. The van der Waals surface area contributed by atoms with Gasteiger partial charge in [-0.1, -0.05) is 18.2 Å². The molecule has 0 atom stereocenters. The minimum Gasteiger partial charge on any atom is -0.383 e. The molecule has 1 N–H and O–H groups in total. The van der Waals surface area contributed by atoms with Crippen molar-refractivity contribution in [3.8, 4) is 0 Å². The molecule has 0 aliphatic rings. The molecule has 0 saturated carbocycles. The summed E-state index contributed by atoms with van der Waals surface area (Å²) < 4.78 is 10.1. The van der Waals surface area contributed by atoms with Gasteiger partial charge in [-0.3, -0.25) is 9.69 Å². The van der Waals surface area contributed by atoms with E-state index in [1.165, 1.54) is 0 Å². The normalized spacial score (nSPS) is 10.7. The Balaban J connectivity index is 2.41. The van der Waals surface area contributed by atoms with Crippen molar-refractivity contribution >= 4 is 11.6 Å². The number of nitrogens with one attached hydrogen (secondary N) is 1. The summed E-state index contributed by atoms with van der Waals surface area (Å²) in [6.45, 7) is 2.95. The third-order valence-corrected chi connectivity index (χ3v) is 2.65. The molecule has 19 heavy (non-hydrogen) atoms. The number of para-hydroxylation sites is 1. The number of amides is 1. The first-order chi connectivity index (χ1) is 9.26. The molecule has 0 aliphatic heterocycles. The maximum Gasteiger partial charge on any atom is 0.238 e. The minimum absolute atomic E-state index is 0.0293. The maximum atomic E-state index is 11.9. The zero-order valence-electron chi connectivity index (χ0n) is 11.6. The summed E-state index contributed by atoms with van der Waals surface area (Å²) >= 11 is 0. The molecule has 0 fully saturated rings. The van der Waals surface area contributed by atoms with Crippen LogP contribution >= 0.6 is 0 Å². The zero-order valence-corrected chi connectivity index (χ0v) is 11.6. The molecule has 1 aromatic carbocycles. The number of carbonyl (C=O) groups is 1.